The molecule has 1 aromatic heterocycles. The number of likely N-dealkylation sites (tertiary alicyclic amines) is 1. The molecule has 2 rings (SSSR count). The fourth-order valence-electron chi connectivity index (χ4n) is 2.43. The highest BCUT2D eigenvalue weighted by atomic mass is 19.1. The Kier molecular flexibility index (Phi) is 5.08. The van der Waals surface area contributed by atoms with Crippen molar-refractivity contribution in [3.8, 4) is 0 Å². The number of pyridine rings is 1. The third-order valence-electron chi connectivity index (χ3n) is 3.57. The highest BCUT2D eigenvalue weighted by Gasteiger charge is 2.36. The Morgan fingerprint density at radius 3 is 2.57 bits per heavy atom. The first kappa shape index (κ1) is 15.7. The van der Waals surface area contributed by atoms with E-state index in [2.05, 4.69) is 10.3 Å². The van der Waals surface area contributed by atoms with Crippen LogP contribution in [0, 0.1) is 5.82 Å². The normalized spacial score (nSPS) is 21.6. The smallest absolute Gasteiger partial charge is 0.257 e. The fourth-order valence-corrected chi connectivity index (χ4v) is 2.43. The molecule has 1 aliphatic rings. The van der Waals surface area contributed by atoms with Crippen LogP contribution in [-0.2, 0) is 9.47 Å². The first-order chi connectivity index (χ1) is 10.1. The number of ether oxygens (including phenoxy) is 2. The van der Waals surface area contributed by atoms with Gasteiger partial charge in [0.1, 0.15) is 12.2 Å². The Balaban J connectivity index is 2.19. The summed E-state index contributed by atoms with van der Waals surface area (Å²) in [6.07, 6.45) is 1.03. The molecule has 0 aromatic carbocycles. The van der Waals surface area contributed by atoms with Crippen LogP contribution in [0.1, 0.15) is 17.3 Å². The zero-order valence-corrected chi connectivity index (χ0v) is 12.4. The maximum atomic E-state index is 14.3. The van der Waals surface area contributed by atoms with E-state index in [-0.39, 0.29) is 29.5 Å². The lowest BCUT2D eigenvalue weighted by atomic mass is 10.2. The molecule has 1 N–H and O–H groups in total. The van der Waals surface area contributed by atoms with Crippen molar-refractivity contribution in [2.24, 2.45) is 0 Å². The number of halogens is 1. The maximum Gasteiger partial charge on any atom is 0.257 e. The predicted molar refractivity (Wildman–Crippen MR) is 75.9 cm³/mol. The quantitative estimate of drug-likeness (QED) is 0.883. The van der Waals surface area contributed by atoms with Crippen LogP contribution in [0.25, 0.3) is 0 Å². The molecule has 1 aromatic rings. The summed E-state index contributed by atoms with van der Waals surface area (Å²) in [6, 6.07) is 1.39. The number of methoxy groups -OCH3 is 2. The van der Waals surface area contributed by atoms with E-state index in [0.717, 1.165) is 0 Å². The minimum Gasteiger partial charge on any atom is -0.377 e. The number of hydrogen-bond donors (Lipinski definition) is 1. The van der Waals surface area contributed by atoms with Gasteiger partial charge in [-0.3, -0.25) is 4.79 Å². The van der Waals surface area contributed by atoms with Gasteiger partial charge in [0.25, 0.3) is 5.91 Å². The van der Waals surface area contributed by atoms with E-state index >= 15 is 0 Å². The van der Waals surface area contributed by atoms with Gasteiger partial charge in [0.15, 0.2) is 11.6 Å². The van der Waals surface area contributed by atoms with Crippen LogP contribution >= 0.6 is 0 Å². The number of rotatable bonds is 5. The van der Waals surface area contributed by atoms with Crippen LogP contribution in [0.3, 0.4) is 0 Å². The number of aromatic nitrogens is 1. The Hall–Kier alpha value is -1.73. The van der Waals surface area contributed by atoms with Crippen LogP contribution in [0.15, 0.2) is 12.3 Å². The van der Waals surface area contributed by atoms with E-state index in [9.17, 15) is 9.18 Å². The molecule has 0 aliphatic carbocycles. The van der Waals surface area contributed by atoms with Gasteiger partial charge >= 0.3 is 0 Å². The van der Waals surface area contributed by atoms with Crippen LogP contribution < -0.4 is 5.32 Å². The van der Waals surface area contributed by atoms with E-state index in [0.29, 0.717) is 19.6 Å². The molecular weight excluding hydrogens is 277 g/mol. The summed E-state index contributed by atoms with van der Waals surface area (Å²) in [4.78, 5) is 17.9. The molecule has 2 unspecified atom stereocenters. The summed E-state index contributed by atoms with van der Waals surface area (Å²) in [5.74, 6) is -0.913. The number of hydrogen-bond acceptors (Lipinski definition) is 5. The zero-order chi connectivity index (χ0) is 15.4. The number of nitrogens with one attached hydrogen (secondary N) is 1. The third kappa shape index (κ3) is 3.14. The average Bonchev–Trinajstić information content (AvgIpc) is 2.92. The van der Waals surface area contributed by atoms with E-state index in [4.69, 9.17) is 9.47 Å². The summed E-state index contributed by atoms with van der Waals surface area (Å²) in [5, 5.41) is 2.80. The van der Waals surface area contributed by atoms with Gasteiger partial charge in [0.2, 0.25) is 0 Å². The second kappa shape index (κ2) is 6.82. The molecule has 1 aliphatic heterocycles. The molecule has 0 saturated carbocycles. The lowest BCUT2D eigenvalue weighted by Crippen LogP contribution is -2.31. The van der Waals surface area contributed by atoms with Crippen LogP contribution in [0.5, 0.6) is 0 Å². The van der Waals surface area contributed by atoms with Crippen molar-refractivity contribution in [3.63, 3.8) is 0 Å². The molecule has 1 amide bonds. The van der Waals surface area contributed by atoms with E-state index in [1.807, 2.05) is 6.92 Å². The lowest BCUT2D eigenvalue weighted by Gasteiger charge is -2.17. The lowest BCUT2D eigenvalue weighted by molar-refractivity contribution is -0.00461. The van der Waals surface area contributed by atoms with Crippen molar-refractivity contribution in [3.05, 3.63) is 23.6 Å². The molecule has 7 heteroatoms. The van der Waals surface area contributed by atoms with Crippen LogP contribution in [0.2, 0.25) is 0 Å². The molecule has 6 nitrogen and oxygen atoms in total. The summed E-state index contributed by atoms with van der Waals surface area (Å²) < 4.78 is 24.9. The molecule has 2 heterocycles. The highest BCUT2D eigenvalue weighted by Crippen LogP contribution is 2.21. The second-order valence-corrected chi connectivity index (χ2v) is 4.81. The van der Waals surface area contributed by atoms with Crippen LogP contribution in [0.4, 0.5) is 10.2 Å². The number of nitrogens with zero attached hydrogens (tertiary/aromatic N) is 2. The van der Waals surface area contributed by atoms with Crippen molar-refractivity contribution < 1.29 is 18.7 Å². The predicted octanol–water partition coefficient (Wildman–Crippen LogP) is 1.14. The highest BCUT2D eigenvalue weighted by molar-refractivity contribution is 5.95. The summed E-state index contributed by atoms with van der Waals surface area (Å²) in [6.45, 7) is 3.13. The van der Waals surface area contributed by atoms with Gasteiger partial charge in [-0.1, -0.05) is 0 Å². The largest absolute Gasteiger partial charge is 0.377 e. The Morgan fingerprint density at radius 1 is 1.43 bits per heavy atom. The number of amides is 1. The molecule has 21 heavy (non-hydrogen) atoms. The third-order valence-corrected chi connectivity index (χ3v) is 3.57. The van der Waals surface area contributed by atoms with Gasteiger partial charge in [-0.25, -0.2) is 9.37 Å². The van der Waals surface area contributed by atoms with Crippen molar-refractivity contribution in [2.45, 2.75) is 19.1 Å². The average molecular weight is 297 g/mol. The van der Waals surface area contributed by atoms with Gasteiger partial charge in [0, 0.05) is 40.1 Å². The van der Waals surface area contributed by atoms with Crippen molar-refractivity contribution in [1.82, 2.24) is 9.88 Å². The van der Waals surface area contributed by atoms with E-state index < -0.39 is 5.82 Å². The van der Waals surface area contributed by atoms with Gasteiger partial charge in [-0.05, 0) is 13.0 Å². The standard InChI is InChI=1S/C14H20FN3O3/c1-4-16-13-12(15)9(5-6-17-13)14(19)18-7-10(20-2)11(8-18)21-3/h5-6,10-11H,4,7-8H2,1-3H3,(H,16,17). The summed E-state index contributed by atoms with van der Waals surface area (Å²) >= 11 is 0. The maximum absolute atomic E-state index is 14.3. The van der Waals surface area contributed by atoms with Crippen molar-refractivity contribution in [1.29, 1.82) is 0 Å². The van der Waals surface area contributed by atoms with Crippen LogP contribution in [-0.4, -0.2) is 61.9 Å². The number of anilines is 1. The summed E-state index contributed by atoms with van der Waals surface area (Å²) in [5.41, 5.74) is 0.00700. The van der Waals surface area contributed by atoms with Gasteiger partial charge < -0.3 is 19.7 Å². The summed E-state index contributed by atoms with van der Waals surface area (Å²) in [7, 11) is 3.14. The van der Waals surface area contributed by atoms with Gasteiger partial charge in [0.05, 0.1) is 5.56 Å². The minimum atomic E-state index is -0.626. The molecule has 1 fully saturated rings. The first-order valence-corrected chi connectivity index (χ1v) is 6.85. The van der Waals surface area contributed by atoms with Crippen molar-refractivity contribution in [2.75, 3.05) is 39.2 Å². The molecule has 0 bridgehead atoms. The SMILES string of the molecule is CCNc1nccc(C(=O)N2CC(OC)C(OC)C2)c1F. The molecule has 2 atom stereocenters. The molecule has 0 radical (unpaired) electrons. The number of carbonyl (C=O) groups excluding carboxylic acids is 1. The molecule has 1 saturated heterocycles. The molecular formula is C14H20FN3O3. The molecule has 116 valence electrons. The Labute approximate surface area is 123 Å². The topological polar surface area (TPSA) is 63.7 Å². The molecule has 0 spiro atoms. The zero-order valence-electron chi connectivity index (χ0n) is 12.4. The van der Waals surface area contributed by atoms with E-state index in [1.54, 1.807) is 14.2 Å². The first-order valence-electron chi connectivity index (χ1n) is 6.85. The monoisotopic (exact) mass is 297 g/mol. The van der Waals surface area contributed by atoms with Gasteiger partial charge in [-0.15, -0.1) is 0 Å². The van der Waals surface area contributed by atoms with E-state index in [1.165, 1.54) is 17.2 Å². The minimum absolute atomic E-state index is 0.00700. The van der Waals surface area contributed by atoms with Gasteiger partial charge in [-0.2, -0.15) is 0 Å². The van der Waals surface area contributed by atoms with Crippen molar-refractivity contribution >= 4 is 11.7 Å². The fraction of sp³-hybridized carbons (Fsp3) is 0.571. The second-order valence-electron chi connectivity index (χ2n) is 4.81. The Morgan fingerprint density at radius 2 is 2.05 bits per heavy atom. The number of carbonyl (C=O) groups is 1. The Bertz CT molecular complexity index is 500.